The fourth-order valence-electron chi connectivity index (χ4n) is 5.21. The number of amides is 1. The Labute approximate surface area is 162 Å². The zero-order valence-corrected chi connectivity index (χ0v) is 16.1. The summed E-state index contributed by atoms with van der Waals surface area (Å²) in [7, 11) is 0. The number of benzene rings is 2. The summed E-state index contributed by atoms with van der Waals surface area (Å²) in [4.78, 5) is 15.5. The van der Waals surface area contributed by atoms with Gasteiger partial charge in [-0.2, -0.15) is 0 Å². The van der Waals surface area contributed by atoms with Crippen LogP contribution in [0.15, 0.2) is 36.4 Å². The Balaban J connectivity index is 1.57. The van der Waals surface area contributed by atoms with Gasteiger partial charge in [-0.3, -0.25) is 4.79 Å². The molecule has 0 spiro atoms. The van der Waals surface area contributed by atoms with Crippen LogP contribution in [0, 0.1) is 11.3 Å². The molecular formula is C24H30N2O. The molecule has 1 saturated heterocycles. The van der Waals surface area contributed by atoms with E-state index in [1.807, 2.05) is 24.3 Å². The van der Waals surface area contributed by atoms with Crippen molar-refractivity contribution in [3.05, 3.63) is 47.5 Å². The van der Waals surface area contributed by atoms with Gasteiger partial charge in [-0.1, -0.05) is 55.7 Å². The molecule has 0 aromatic heterocycles. The van der Waals surface area contributed by atoms with Crippen LogP contribution in [0.3, 0.4) is 0 Å². The van der Waals surface area contributed by atoms with Crippen LogP contribution in [-0.2, 0) is 11.2 Å². The highest BCUT2D eigenvalue weighted by molar-refractivity contribution is 6.01. The first-order chi connectivity index (χ1) is 13.3. The standard InChI is InChI=1S/C24H30N2O/c25-17-20-14-13-19(21-10-4-5-11-22(20)21)16-24(27)26-15-7-6-12-23(26)18-8-2-1-3-9-18/h4-5,10-11,13-14,17-18,23,25H,1-3,6-9,12,15-16H2. The smallest absolute Gasteiger partial charge is 0.227 e. The van der Waals surface area contributed by atoms with Crippen molar-refractivity contribution in [2.24, 2.45) is 5.92 Å². The van der Waals surface area contributed by atoms with E-state index in [2.05, 4.69) is 17.0 Å². The monoisotopic (exact) mass is 362 g/mol. The first-order valence-electron chi connectivity index (χ1n) is 10.6. The number of fused-ring (bicyclic) bond motifs is 1. The quantitative estimate of drug-likeness (QED) is 0.733. The zero-order chi connectivity index (χ0) is 18.6. The summed E-state index contributed by atoms with van der Waals surface area (Å²) in [6.45, 7) is 0.927. The van der Waals surface area contributed by atoms with Gasteiger partial charge >= 0.3 is 0 Å². The van der Waals surface area contributed by atoms with Gasteiger partial charge < -0.3 is 10.3 Å². The highest BCUT2D eigenvalue weighted by atomic mass is 16.2. The fourth-order valence-corrected chi connectivity index (χ4v) is 5.21. The molecule has 1 amide bonds. The van der Waals surface area contributed by atoms with Crippen molar-refractivity contribution in [2.75, 3.05) is 6.54 Å². The van der Waals surface area contributed by atoms with Crippen LogP contribution >= 0.6 is 0 Å². The van der Waals surface area contributed by atoms with E-state index in [0.717, 1.165) is 34.9 Å². The highest BCUT2D eigenvalue weighted by Crippen LogP contribution is 2.34. The normalized spacial score (nSPS) is 21.3. The molecule has 1 heterocycles. The van der Waals surface area contributed by atoms with Crippen molar-refractivity contribution in [3.63, 3.8) is 0 Å². The zero-order valence-electron chi connectivity index (χ0n) is 16.1. The van der Waals surface area contributed by atoms with E-state index < -0.39 is 0 Å². The minimum absolute atomic E-state index is 0.290. The molecule has 1 N–H and O–H groups in total. The molecule has 1 unspecified atom stereocenters. The maximum absolute atomic E-state index is 13.3. The molecule has 0 radical (unpaired) electrons. The van der Waals surface area contributed by atoms with Gasteiger partial charge in [0, 0.05) is 18.8 Å². The van der Waals surface area contributed by atoms with Crippen molar-refractivity contribution in [2.45, 2.75) is 63.8 Å². The first-order valence-corrected chi connectivity index (χ1v) is 10.6. The molecule has 2 fully saturated rings. The van der Waals surface area contributed by atoms with Gasteiger partial charge in [-0.15, -0.1) is 0 Å². The number of rotatable bonds is 4. The Hall–Kier alpha value is -2.16. The third-order valence-corrected chi connectivity index (χ3v) is 6.61. The number of nitrogens with one attached hydrogen (secondary N) is 1. The molecule has 1 aliphatic heterocycles. The van der Waals surface area contributed by atoms with Crippen LogP contribution < -0.4 is 0 Å². The lowest BCUT2D eigenvalue weighted by Gasteiger charge is -2.42. The summed E-state index contributed by atoms with van der Waals surface area (Å²) in [5, 5.41) is 9.82. The Bertz CT molecular complexity index is 822. The molecule has 2 aromatic carbocycles. The molecule has 1 atom stereocenters. The van der Waals surface area contributed by atoms with Crippen molar-refractivity contribution in [1.29, 1.82) is 5.41 Å². The first kappa shape index (κ1) is 18.2. The Morgan fingerprint density at radius 3 is 2.48 bits per heavy atom. The van der Waals surface area contributed by atoms with Gasteiger partial charge in [0.1, 0.15) is 0 Å². The predicted octanol–water partition coefficient (Wildman–Crippen LogP) is 5.34. The lowest BCUT2D eigenvalue weighted by atomic mass is 9.79. The number of carbonyl (C=O) groups is 1. The van der Waals surface area contributed by atoms with E-state index in [1.54, 1.807) is 0 Å². The topological polar surface area (TPSA) is 44.2 Å². The van der Waals surface area contributed by atoms with Crippen LogP contribution in [-0.4, -0.2) is 29.6 Å². The third kappa shape index (κ3) is 3.78. The summed E-state index contributed by atoms with van der Waals surface area (Å²) in [6.07, 6.45) is 12.1. The summed E-state index contributed by atoms with van der Waals surface area (Å²) < 4.78 is 0. The summed E-state index contributed by atoms with van der Waals surface area (Å²) >= 11 is 0. The average molecular weight is 363 g/mol. The summed E-state index contributed by atoms with van der Waals surface area (Å²) in [6, 6.07) is 12.6. The van der Waals surface area contributed by atoms with E-state index in [-0.39, 0.29) is 5.91 Å². The second-order valence-corrected chi connectivity index (χ2v) is 8.23. The van der Waals surface area contributed by atoms with Crippen LogP contribution in [0.25, 0.3) is 10.8 Å². The average Bonchev–Trinajstić information content (AvgIpc) is 2.74. The van der Waals surface area contributed by atoms with Crippen LogP contribution in [0.5, 0.6) is 0 Å². The SMILES string of the molecule is N=Cc1ccc(CC(=O)N2CCCCC2C2CCCCC2)c2ccccc12. The molecule has 27 heavy (non-hydrogen) atoms. The Morgan fingerprint density at radius 1 is 0.963 bits per heavy atom. The molecule has 2 aliphatic rings. The van der Waals surface area contributed by atoms with Gasteiger partial charge in [-0.25, -0.2) is 0 Å². The molecule has 1 aliphatic carbocycles. The van der Waals surface area contributed by atoms with Gasteiger partial charge in [0.25, 0.3) is 0 Å². The Kier molecular flexibility index (Phi) is 5.56. The minimum Gasteiger partial charge on any atom is -0.339 e. The number of hydrogen-bond donors (Lipinski definition) is 1. The van der Waals surface area contributed by atoms with Gasteiger partial charge in [0.15, 0.2) is 0 Å². The number of piperidine rings is 1. The predicted molar refractivity (Wildman–Crippen MR) is 111 cm³/mol. The molecule has 0 bridgehead atoms. The summed E-state index contributed by atoms with van der Waals surface area (Å²) in [5.41, 5.74) is 2.01. The molecule has 4 rings (SSSR count). The maximum Gasteiger partial charge on any atom is 0.227 e. The van der Waals surface area contributed by atoms with Crippen LogP contribution in [0.4, 0.5) is 0 Å². The summed E-state index contributed by atoms with van der Waals surface area (Å²) in [5.74, 6) is 0.998. The van der Waals surface area contributed by atoms with Gasteiger partial charge in [-0.05, 0) is 59.9 Å². The largest absolute Gasteiger partial charge is 0.339 e. The fraction of sp³-hybridized carbons (Fsp3) is 0.500. The van der Waals surface area contributed by atoms with E-state index >= 15 is 0 Å². The third-order valence-electron chi connectivity index (χ3n) is 6.61. The van der Waals surface area contributed by atoms with Gasteiger partial charge in [0.05, 0.1) is 6.42 Å². The van der Waals surface area contributed by atoms with E-state index in [0.29, 0.717) is 18.4 Å². The molecule has 1 saturated carbocycles. The number of hydrogen-bond acceptors (Lipinski definition) is 2. The van der Waals surface area contributed by atoms with Crippen molar-refractivity contribution < 1.29 is 4.79 Å². The Morgan fingerprint density at radius 2 is 1.70 bits per heavy atom. The van der Waals surface area contributed by atoms with E-state index in [1.165, 1.54) is 51.2 Å². The molecule has 3 nitrogen and oxygen atoms in total. The van der Waals surface area contributed by atoms with E-state index in [9.17, 15) is 4.79 Å². The van der Waals surface area contributed by atoms with E-state index in [4.69, 9.17) is 5.41 Å². The molecule has 142 valence electrons. The van der Waals surface area contributed by atoms with Gasteiger partial charge in [0.2, 0.25) is 5.91 Å². The van der Waals surface area contributed by atoms with Crippen molar-refractivity contribution in [1.82, 2.24) is 4.90 Å². The molecule has 2 aromatic rings. The highest BCUT2D eigenvalue weighted by Gasteiger charge is 2.33. The van der Waals surface area contributed by atoms with Crippen molar-refractivity contribution >= 4 is 22.9 Å². The molecule has 3 heteroatoms. The number of nitrogens with zero attached hydrogens (tertiary/aromatic N) is 1. The maximum atomic E-state index is 13.3. The second kappa shape index (κ2) is 8.24. The van der Waals surface area contributed by atoms with Crippen LogP contribution in [0.1, 0.15) is 62.5 Å². The lowest BCUT2D eigenvalue weighted by molar-refractivity contribution is -0.135. The van der Waals surface area contributed by atoms with Crippen LogP contribution in [0.2, 0.25) is 0 Å². The second-order valence-electron chi connectivity index (χ2n) is 8.23. The molecular weight excluding hydrogens is 332 g/mol. The number of carbonyl (C=O) groups excluding carboxylic acids is 1. The minimum atomic E-state index is 0.290. The lowest BCUT2D eigenvalue weighted by Crippen LogP contribution is -2.48. The van der Waals surface area contributed by atoms with Crippen molar-refractivity contribution in [3.8, 4) is 0 Å². The number of likely N-dealkylation sites (tertiary alicyclic amines) is 1.